The van der Waals surface area contributed by atoms with Crippen molar-refractivity contribution in [1.82, 2.24) is 10.3 Å². The van der Waals surface area contributed by atoms with E-state index in [1.165, 1.54) is 12.8 Å². The lowest BCUT2D eigenvalue weighted by molar-refractivity contribution is -0.119. The van der Waals surface area contributed by atoms with Crippen molar-refractivity contribution < 1.29 is 14.0 Å². The number of halogens is 1. The van der Waals surface area contributed by atoms with E-state index in [1.54, 1.807) is 7.11 Å². The highest BCUT2D eigenvalue weighted by molar-refractivity contribution is 6.74. The quantitative estimate of drug-likeness (QED) is 0.430. The van der Waals surface area contributed by atoms with Gasteiger partial charge in [0.1, 0.15) is 5.75 Å². The molecule has 2 aliphatic rings. The predicted octanol–water partition coefficient (Wildman–Crippen LogP) is 6.72. The van der Waals surface area contributed by atoms with Gasteiger partial charge in [-0.1, -0.05) is 50.6 Å². The smallest absolute Gasteiger partial charge is 0.250 e. The molecule has 1 aromatic heterocycles. The lowest BCUT2D eigenvalue weighted by Gasteiger charge is -2.36. The molecule has 0 unspecified atom stereocenters. The Kier molecular flexibility index (Phi) is 6.84. The predicted molar refractivity (Wildman–Crippen MR) is 140 cm³/mol. The van der Waals surface area contributed by atoms with E-state index in [0.29, 0.717) is 29.0 Å². The SMILES string of the molecule is COc1nc(/C(=C\[C@H]2CCC(=O)N2)c2ccc(O[Si](C)(C)C(C)(C)C)c(Cl)c2)ccc1C1CC1. The lowest BCUT2D eigenvalue weighted by Crippen LogP contribution is -2.43. The molecule has 7 heteroatoms. The number of nitrogens with one attached hydrogen (secondary N) is 1. The highest BCUT2D eigenvalue weighted by atomic mass is 35.5. The van der Waals surface area contributed by atoms with E-state index in [0.717, 1.165) is 28.8 Å². The lowest BCUT2D eigenvalue weighted by atomic mass is 9.98. The average Bonchev–Trinajstić information content (AvgIpc) is 3.53. The summed E-state index contributed by atoms with van der Waals surface area (Å²) in [6.07, 6.45) is 5.74. The number of amides is 1. The first-order valence-electron chi connectivity index (χ1n) is 12.0. The first-order chi connectivity index (χ1) is 16.0. The monoisotopic (exact) mass is 498 g/mol. The molecule has 182 valence electrons. The van der Waals surface area contributed by atoms with Gasteiger partial charge < -0.3 is 14.5 Å². The van der Waals surface area contributed by atoms with Crippen molar-refractivity contribution in [3.8, 4) is 11.6 Å². The largest absolute Gasteiger partial charge is 0.543 e. The number of pyridine rings is 1. The molecule has 1 saturated heterocycles. The van der Waals surface area contributed by atoms with Crippen LogP contribution in [0, 0.1) is 0 Å². The molecular formula is C27H35ClN2O3Si. The van der Waals surface area contributed by atoms with Crippen LogP contribution in [0.25, 0.3) is 5.57 Å². The van der Waals surface area contributed by atoms with Crippen LogP contribution in [0.4, 0.5) is 0 Å². The summed E-state index contributed by atoms with van der Waals surface area (Å²) >= 11 is 6.75. The summed E-state index contributed by atoms with van der Waals surface area (Å²) in [5.74, 6) is 2.00. The summed E-state index contributed by atoms with van der Waals surface area (Å²) in [6.45, 7) is 11.1. The Hall–Kier alpha value is -2.31. The molecule has 1 saturated carbocycles. The number of nitrogens with zero attached hydrogens (tertiary/aromatic N) is 1. The third kappa shape index (κ3) is 5.33. The third-order valence-electron chi connectivity index (χ3n) is 7.19. The maximum atomic E-state index is 11.8. The average molecular weight is 499 g/mol. The molecule has 1 aliphatic heterocycles. The maximum absolute atomic E-state index is 11.8. The Bertz CT molecular complexity index is 1120. The summed E-state index contributed by atoms with van der Waals surface area (Å²) < 4.78 is 12.1. The van der Waals surface area contributed by atoms with Crippen LogP contribution in [0.5, 0.6) is 11.6 Å². The van der Waals surface area contributed by atoms with Crippen LogP contribution >= 0.6 is 11.6 Å². The van der Waals surface area contributed by atoms with Crippen LogP contribution in [0.3, 0.4) is 0 Å². The Morgan fingerprint density at radius 3 is 2.47 bits per heavy atom. The molecule has 2 heterocycles. The number of methoxy groups -OCH3 is 1. The molecule has 1 amide bonds. The van der Waals surface area contributed by atoms with Crippen LogP contribution < -0.4 is 14.5 Å². The van der Waals surface area contributed by atoms with Crippen LogP contribution in [0.15, 0.2) is 36.4 Å². The van der Waals surface area contributed by atoms with Gasteiger partial charge in [0.15, 0.2) is 0 Å². The summed E-state index contributed by atoms with van der Waals surface area (Å²) in [4.78, 5) is 16.7. The fraction of sp³-hybridized carbons (Fsp3) is 0.481. The summed E-state index contributed by atoms with van der Waals surface area (Å²) in [5.41, 5.74) is 3.82. The molecule has 1 atom stereocenters. The number of carbonyl (C=O) groups is 1. The number of benzene rings is 1. The van der Waals surface area contributed by atoms with Gasteiger partial charge in [0.25, 0.3) is 8.32 Å². The minimum atomic E-state index is -2.02. The fourth-order valence-corrected chi connectivity index (χ4v) is 5.26. The van der Waals surface area contributed by atoms with Gasteiger partial charge in [-0.2, -0.15) is 0 Å². The van der Waals surface area contributed by atoms with Gasteiger partial charge in [-0.05, 0) is 67.1 Å². The van der Waals surface area contributed by atoms with Gasteiger partial charge in [0.2, 0.25) is 11.8 Å². The fourth-order valence-electron chi connectivity index (χ4n) is 3.94. The normalized spacial score (nSPS) is 19.2. The van der Waals surface area contributed by atoms with Crippen molar-refractivity contribution >= 4 is 31.4 Å². The zero-order valence-electron chi connectivity index (χ0n) is 21.0. The van der Waals surface area contributed by atoms with Gasteiger partial charge in [0, 0.05) is 23.6 Å². The van der Waals surface area contributed by atoms with Gasteiger partial charge in [-0.3, -0.25) is 4.79 Å². The van der Waals surface area contributed by atoms with Crippen molar-refractivity contribution in [2.45, 2.75) is 76.5 Å². The summed E-state index contributed by atoms with van der Waals surface area (Å²) in [7, 11) is -0.353. The number of hydrogen-bond donors (Lipinski definition) is 1. The Labute approximate surface area is 209 Å². The van der Waals surface area contributed by atoms with Gasteiger partial charge in [-0.15, -0.1) is 0 Å². The Morgan fingerprint density at radius 2 is 1.91 bits per heavy atom. The molecule has 0 spiro atoms. The Balaban J connectivity index is 1.72. The molecule has 4 rings (SSSR count). The van der Waals surface area contributed by atoms with Crippen LogP contribution in [-0.4, -0.2) is 32.4 Å². The van der Waals surface area contributed by atoms with E-state index in [9.17, 15) is 4.79 Å². The van der Waals surface area contributed by atoms with Gasteiger partial charge in [0.05, 0.1) is 17.8 Å². The van der Waals surface area contributed by atoms with E-state index in [2.05, 4.69) is 51.3 Å². The second-order valence-electron chi connectivity index (χ2n) is 10.9. The van der Waals surface area contributed by atoms with Crippen LogP contribution in [-0.2, 0) is 4.79 Å². The van der Waals surface area contributed by atoms with E-state index >= 15 is 0 Å². The number of rotatable bonds is 7. The zero-order chi connectivity index (χ0) is 24.7. The first kappa shape index (κ1) is 24.8. The van der Waals surface area contributed by atoms with Crippen molar-refractivity contribution in [3.63, 3.8) is 0 Å². The molecule has 1 aliphatic carbocycles. The van der Waals surface area contributed by atoms with Gasteiger partial charge >= 0.3 is 0 Å². The molecule has 5 nitrogen and oxygen atoms in total. The molecule has 0 radical (unpaired) electrons. The van der Waals surface area contributed by atoms with Crippen molar-refractivity contribution in [2.24, 2.45) is 0 Å². The van der Waals surface area contributed by atoms with E-state index in [1.807, 2.05) is 24.3 Å². The maximum Gasteiger partial charge on any atom is 0.250 e. The molecule has 2 fully saturated rings. The molecule has 0 bridgehead atoms. The highest BCUT2D eigenvalue weighted by Gasteiger charge is 2.39. The number of carbonyl (C=O) groups excluding carboxylic acids is 1. The first-order valence-corrected chi connectivity index (χ1v) is 15.3. The highest BCUT2D eigenvalue weighted by Crippen LogP contribution is 2.44. The molecular weight excluding hydrogens is 464 g/mol. The minimum Gasteiger partial charge on any atom is -0.543 e. The standard InChI is InChI=1S/C27H35ClN2O3Si/c1-27(2,3)34(5,6)33-24-13-9-18(15-22(24)28)21(16-19-10-14-25(31)29-19)23-12-11-20(17-7-8-17)26(30-23)32-4/h9,11-13,15-17,19H,7-8,10,14H2,1-6H3,(H,29,31)/b21-16-/t19-/m1/s1. The number of ether oxygens (including phenoxy) is 1. The summed E-state index contributed by atoms with van der Waals surface area (Å²) in [5, 5.41) is 3.69. The topological polar surface area (TPSA) is 60.5 Å². The molecule has 1 N–H and O–H groups in total. The molecule has 34 heavy (non-hydrogen) atoms. The third-order valence-corrected chi connectivity index (χ3v) is 11.8. The van der Waals surface area contributed by atoms with Crippen molar-refractivity contribution in [1.29, 1.82) is 0 Å². The van der Waals surface area contributed by atoms with E-state index in [4.69, 9.17) is 25.7 Å². The zero-order valence-corrected chi connectivity index (χ0v) is 22.8. The number of hydrogen-bond acceptors (Lipinski definition) is 4. The minimum absolute atomic E-state index is 0.0414. The molecule has 1 aromatic carbocycles. The second-order valence-corrected chi connectivity index (χ2v) is 16.0. The van der Waals surface area contributed by atoms with Crippen LogP contribution in [0.1, 0.15) is 69.2 Å². The van der Waals surface area contributed by atoms with Gasteiger partial charge in [-0.25, -0.2) is 4.98 Å². The van der Waals surface area contributed by atoms with Crippen molar-refractivity contribution in [3.05, 3.63) is 58.3 Å². The van der Waals surface area contributed by atoms with Crippen LogP contribution in [0.2, 0.25) is 23.2 Å². The van der Waals surface area contributed by atoms with E-state index in [-0.39, 0.29) is 17.0 Å². The Morgan fingerprint density at radius 1 is 1.18 bits per heavy atom. The molecule has 2 aromatic rings. The van der Waals surface area contributed by atoms with Crippen molar-refractivity contribution in [2.75, 3.05) is 7.11 Å². The number of aromatic nitrogens is 1. The second kappa shape index (κ2) is 9.38. The van der Waals surface area contributed by atoms with E-state index < -0.39 is 8.32 Å². The summed E-state index contributed by atoms with van der Waals surface area (Å²) in [6, 6.07) is 10.0.